The maximum absolute atomic E-state index is 12.3. The van der Waals surface area contributed by atoms with Gasteiger partial charge in [-0.25, -0.2) is 0 Å². The Bertz CT molecular complexity index is 1040. The minimum atomic E-state index is -3.99. The molecule has 0 spiro atoms. The van der Waals surface area contributed by atoms with Gasteiger partial charge in [-0.05, 0) is 64.0 Å². The zero-order valence-corrected chi connectivity index (χ0v) is 17.5. The molecule has 2 aromatic rings. The van der Waals surface area contributed by atoms with Crippen molar-refractivity contribution in [3.05, 3.63) is 62.4 Å². The highest BCUT2D eigenvalue weighted by molar-refractivity contribution is 9.10. The van der Waals surface area contributed by atoms with Crippen LogP contribution in [0.3, 0.4) is 0 Å². The van der Waals surface area contributed by atoms with Crippen LogP contribution in [-0.4, -0.2) is 18.6 Å². The van der Waals surface area contributed by atoms with Gasteiger partial charge in [-0.3, -0.25) is 4.79 Å². The molecule has 0 aromatic heterocycles. The van der Waals surface area contributed by atoms with Crippen molar-refractivity contribution < 1.29 is 17.4 Å². The summed E-state index contributed by atoms with van der Waals surface area (Å²) in [4.78, 5) is 12.2. The summed E-state index contributed by atoms with van der Waals surface area (Å²) >= 11 is 15.2. The Morgan fingerprint density at radius 2 is 1.88 bits per heavy atom. The molecule has 1 heterocycles. The summed E-state index contributed by atoms with van der Waals surface area (Å²) in [6.45, 7) is 0. The molecule has 1 aliphatic rings. The molecule has 0 unspecified atom stereocenters. The molecule has 0 aliphatic carbocycles. The van der Waals surface area contributed by atoms with Crippen molar-refractivity contribution in [3.63, 3.8) is 0 Å². The number of thiocarbonyl (C=S) groups is 1. The minimum Gasteiger partial charge on any atom is -0.378 e. The molecule has 2 aromatic carbocycles. The second-order valence-electron chi connectivity index (χ2n) is 5.03. The highest BCUT2D eigenvalue weighted by Gasteiger charge is 2.22. The topological polar surface area (TPSA) is 72.5 Å². The van der Waals surface area contributed by atoms with Crippen LogP contribution in [0.2, 0.25) is 5.02 Å². The smallest absolute Gasteiger partial charge is 0.339 e. The predicted molar refractivity (Wildman–Crippen MR) is 110 cm³/mol. The highest BCUT2D eigenvalue weighted by Crippen LogP contribution is 2.32. The third-order valence-corrected chi connectivity index (χ3v) is 6.48. The van der Waals surface area contributed by atoms with E-state index in [1.165, 1.54) is 42.1 Å². The summed E-state index contributed by atoms with van der Waals surface area (Å²) in [5.74, 6) is -0.136. The lowest BCUT2D eigenvalue weighted by Crippen LogP contribution is -2.17. The van der Waals surface area contributed by atoms with Gasteiger partial charge < -0.3 is 9.50 Å². The fraction of sp³-hybridized carbons (Fsp3) is 0. The van der Waals surface area contributed by atoms with Crippen LogP contribution in [0.4, 0.5) is 0 Å². The summed E-state index contributed by atoms with van der Waals surface area (Å²) in [5, 5.41) is 2.96. The second kappa shape index (κ2) is 7.69. The van der Waals surface area contributed by atoms with Crippen LogP contribution in [0.25, 0.3) is 6.08 Å². The Hall–Kier alpha value is -1.39. The Morgan fingerprint density at radius 1 is 1.19 bits per heavy atom. The zero-order chi connectivity index (χ0) is 18.9. The average Bonchev–Trinajstić information content (AvgIpc) is 2.88. The first-order valence-electron chi connectivity index (χ1n) is 6.99. The zero-order valence-electron chi connectivity index (χ0n) is 12.7. The number of benzene rings is 2. The molecule has 1 amide bonds. The molecule has 1 N–H and O–H groups in total. The van der Waals surface area contributed by atoms with Gasteiger partial charge in [-0.1, -0.05) is 41.6 Å². The van der Waals surface area contributed by atoms with Gasteiger partial charge in [0.15, 0.2) is 5.75 Å². The summed E-state index contributed by atoms with van der Waals surface area (Å²) in [7, 11) is -3.99. The van der Waals surface area contributed by atoms with Crippen molar-refractivity contribution in [2.75, 3.05) is 0 Å². The standard InChI is InChI=1S/C16H9BrClNO4S3/c17-12-7-9(8-14-15(20)19-16(24)25-14)1-6-13(12)23-26(21,22)11-4-2-10(18)3-5-11/h1-8H,(H,19,20,24). The number of carbonyl (C=O) groups is 1. The largest absolute Gasteiger partial charge is 0.378 e. The van der Waals surface area contributed by atoms with E-state index in [4.69, 9.17) is 28.0 Å². The summed E-state index contributed by atoms with van der Waals surface area (Å²) in [5.41, 5.74) is 0.690. The average molecular weight is 491 g/mol. The van der Waals surface area contributed by atoms with Crippen molar-refractivity contribution in [3.8, 4) is 5.75 Å². The quantitative estimate of drug-likeness (QED) is 0.390. The van der Waals surface area contributed by atoms with Crippen LogP contribution in [-0.2, 0) is 14.9 Å². The maximum Gasteiger partial charge on any atom is 0.339 e. The molecule has 3 rings (SSSR count). The Labute approximate surface area is 173 Å². The third-order valence-electron chi connectivity index (χ3n) is 3.20. The van der Waals surface area contributed by atoms with E-state index < -0.39 is 10.1 Å². The highest BCUT2D eigenvalue weighted by atomic mass is 79.9. The van der Waals surface area contributed by atoms with E-state index in [-0.39, 0.29) is 16.6 Å². The molecule has 1 saturated heterocycles. The fourth-order valence-electron chi connectivity index (χ4n) is 2.01. The van der Waals surface area contributed by atoms with E-state index in [9.17, 15) is 13.2 Å². The van der Waals surface area contributed by atoms with Gasteiger partial charge >= 0.3 is 10.1 Å². The maximum atomic E-state index is 12.3. The lowest BCUT2D eigenvalue weighted by atomic mass is 10.2. The SMILES string of the molecule is O=C1NC(=S)SC1=Cc1ccc(OS(=O)(=O)c2ccc(Cl)cc2)c(Br)c1. The summed E-state index contributed by atoms with van der Waals surface area (Å²) in [6.07, 6.45) is 1.65. The van der Waals surface area contributed by atoms with Crippen molar-refractivity contribution >= 4 is 77.9 Å². The fourth-order valence-corrected chi connectivity index (χ4v) is 4.72. The number of amides is 1. The van der Waals surface area contributed by atoms with E-state index in [1.807, 2.05) is 0 Å². The van der Waals surface area contributed by atoms with Gasteiger partial charge in [-0.2, -0.15) is 8.42 Å². The van der Waals surface area contributed by atoms with Crippen molar-refractivity contribution in [1.82, 2.24) is 5.32 Å². The van der Waals surface area contributed by atoms with Crippen molar-refractivity contribution in [1.29, 1.82) is 0 Å². The van der Waals surface area contributed by atoms with Gasteiger partial charge in [-0.15, -0.1) is 0 Å². The van der Waals surface area contributed by atoms with Gasteiger partial charge in [0.05, 0.1) is 9.38 Å². The van der Waals surface area contributed by atoms with Crippen LogP contribution in [0, 0.1) is 0 Å². The van der Waals surface area contributed by atoms with Gasteiger partial charge in [0.2, 0.25) is 0 Å². The van der Waals surface area contributed by atoms with Crippen LogP contribution >= 0.6 is 51.5 Å². The lowest BCUT2D eigenvalue weighted by Gasteiger charge is -2.09. The molecule has 10 heteroatoms. The first-order valence-corrected chi connectivity index (χ1v) is 10.8. The van der Waals surface area contributed by atoms with Crippen LogP contribution in [0.1, 0.15) is 5.56 Å². The Kier molecular flexibility index (Phi) is 5.73. The molecule has 0 saturated carbocycles. The van der Waals surface area contributed by atoms with Gasteiger partial charge in [0.1, 0.15) is 9.22 Å². The number of nitrogens with one attached hydrogen (secondary N) is 1. The van der Waals surface area contributed by atoms with Crippen LogP contribution < -0.4 is 9.50 Å². The Balaban J connectivity index is 1.84. The first kappa shape index (κ1) is 19.4. The molecular formula is C16H9BrClNO4S3. The number of halogens is 2. The normalized spacial score (nSPS) is 16.0. The van der Waals surface area contributed by atoms with E-state index >= 15 is 0 Å². The molecular weight excluding hydrogens is 482 g/mol. The second-order valence-corrected chi connectivity index (χ2v) is 9.59. The predicted octanol–water partition coefficient (Wildman–Crippen LogP) is 4.36. The first-order chi connectivity index (χ1) is 12.2. The van der Waals surface area contributed by atoms with Gasteiger partial charge in [0.25, 0.3) is 5.91 Å². The molecule has 1 fully saturated rings. The van der Waals surface area contributed by atoms with E-state index in [0.29, 0.717) is 24.3 Å². The van der Waals surface area contributed by atoms with Crippen LogP contribution in [0.5, 0.6) is 5.75 Å². The van der Waals surface area contributed by atoms with E-state index in [0.717, 1.165) is 0 Å². The Morgan fingerprint density at radius 3 is 2.46 bits per heavy atom. The lowest BCUT2D eigenvalue weighted by molar-refractivity contribution is -0.115. The van der Waals surface area contributed by atoms with Crippen molar-refractivity contribution in [2.24, 2.45) is 0 Å². The minimum absolute atomic E-state index is 0.00691. The monoisotopic (exact) mass is 489 g/mol. The molecule has 134 valence electrons. The molecule has 26 heavy (non-hydrogen) atoms. The molecule has 5 nitrogen and oxygen atoms in total. The number of hydrogen-bond acceptors (Lipinski definition) is 6. The number of hydrogen-bond donors (Lipinski definition) is 1. The number of thioether (sulfide) groups is 1. The molecule has 0 atom stereocenters. The molecule has 1 aliphatic heterocycles. The third kappa shape index (κ3) is 4.47. The van der Waals surface area contributed by atoms with Crippen LogP contribution in [0.15, 0.2) is 56.7 Å². The molecule has 0 bridgehead atoms. The number of carbonyl (C=O) groups excluding carboxylic acids is 1. The van der Waals surface area contributed by atoms with E-state index in [1.54, 1.807) is 18.2 Å². The molecule has 0 radical (unpaired) electrons. The number of rotatable bonds is 4. The summed E-state index contributed by atoms with van der Waals surface area (Å²) < 4.78 is 30.7. The van der Waals surface area contributed by atoms with Crippen molar-refractivity contribution in [2.45, 2.75) is 4.90 Å². The van der Waals surface area contributed by atoms with Gasteiger partial charge in [0, 0.05) is 5.02 Å². The summed E-state index contributed by atoms with van der Waals surface area (Å²) in [6, 6.07) is 10.5. The van der Waals surface area contributed by atoms with E-state index in [2.05, 4.69) is 21.2 Å².